The summed E-state index contributed by atoms with van der Waals surface area (Å²) in [7, 11) is 1.72. The minimum atomic E-state index is -0.996. The van der Waals surface area contributed by atoms with Gasteiger partial charge in [0.2, 0.25) is 0 Å². The molecule has 0 aliphatic carbocycles. The van der Waals surface area contributed by atoms with Crippen LogP contribution in [0.15, 0.2) is 0 Å². The molecular formula is C13H26N2O3. The van der Waals surface area contributed by atoms with Crippen molar-refractivity contribution in [2.24, 2.45) is 5.92 Å². The van der Waals surface area contributed by atoms with Crippen molar-refractivity contribution in [2.75, 3.05) is 13.6 Å². The van der Waals surface area contributed by atoms with Crippen molar-refractivity contribution in [2.45, 2.75) is 53.1 Å². The molecule has 0 saturated carbocycles. The van der Waals surface area contributed by atoms with E-state index < -0.39 is 11.5 Å². The minimum Gasteiger partial charge on any atom is -0.480 e. The van der Waals surface area contributed by atoms with Gasteiger partial charge in [-0.1, -0.05) is 13.8 Å². The molecule has 0 aromatic heterocycles. The van der Waals surface area contributed by atoms with Crippen LogP contribution in [0.2, 0.25) is 0 Å². The number of amides is 2. The third kappa shape index (κ3) is 4.55. The summed E-state index contributed by atoms with van der Waals surface area (Å²) in [5.41, 5.74) is -0.513. The Balaban J connectivity index is 5.03. The molecular weight excluding hydrogens is 232 g/mol. The van der Waals surface area contributed by atoms with Crippen LogP contribution in [0.4, 0.5) is 4.79 Å². The molecule has 0 aliphatic rings. The lowest BCUT2D eigenvalue weighted by Crippen LogP contribution is -2.55. The number of carboxylic acids is 1. The third-order valence-electron chi connectivity index (χ3n) is 3.21. The first kappa shape index (κ1) is 16.7. The average molecular weight is 258 g/mol. The molecule has 0 spiro atoms. The van der Waals surface area contributed by atoms with E-state index >= 15 is 0 Å². The number of carboxylic acid groups (broad SMARTS) is 1. The van der Waals surface area contributed by atoms with Gasteiger partial charge in [0.25, 0.3) is 0 Å². The Morgan fingerprint density at radius 2 is 1.61 bits per heavy atom. The molecule has 0 aromatic carbocycles. The Morgan fingerprint density at radius 1 is 1.17 bits per heavy atom. The van der Waals surface area contributed by atoms with Gasteiger partial charge in [-0.2, -0.15) is 0 Å². The van der Waals surface area contributed by atoms with Crippen molar-refractivity contribution in [1.82, 2.24) is 9.80 Å². The standard InChI is InChI=1S/C13H26N2O3/c1-9(2)10(3)14(7)12(18)15(8-11(16)17)13(4,5)6/h9-10H,8H2,1-7H3,(H,16,17). The lowest BCUT2D eigenvalue weighted by Gasteiger charge is -2.39. The zero-order valence-corrected chi connectivity index (χ0v) is 12.5. The molecule has 2 amide bonds. The fourth-order valence-electron chi connectivity index (χ4n) is 1.54. The van der Waals surface area contributed by atoms with Gasteiger partial charge >= 0.3 is 12.0 Å². The van der Waals surface area contributed by atoms with Gasteiger partial charge < -0.3 is 14.9 Å². The van der Waals surface area contributed by atoms with Gasteiger partial charge in [0.1, 0.15) is 6.54 Å². The zero-order chi connectivity index (χ0) is 14.7. The van der Waals surface area contributed by atoms with E-state index in [1.165, 1.54) is 4.90 Å². The van der Waals surface area contributed by atoms with Crippen LogP contribution in [0.25, 0.3) is 0 Å². The topological polar surface area (TPSA) is 60.9 Å². The normalized spacial score (nSPS) is 13.3. The maximum absolute atomic E-state index is 12.4. The van der Waals surface area contributed by atoms with E-state index in [4.69, 9.17) is 5.11 Å². The van der Waals surface area contributed by atoms with Crippen LogP contribution >= 0.6 is 0 Å². The van der Waals surface area contributed by atoms with Crippen molar-refractivity contribution >= 4 is 12.0 Å². The molecule has 1 N–H and O–H groups in total. The third-order valence-corrected chi connectivity index (χ3v) is 3.21. The van der Waals surface area contributed by atoms with Gasteiger partial charge in [0, 0.05) is 18.6 Å². The van der Waals surface area contributed by atoms with Crippen LogP contribution in [-0.2, 0) is 4.79 Å². The molecule has 18 heavy (non-hydrogen) atoms. The molecule has 1 unspecified atom stereocenters. The summed E-state index contributed by atoms with van der Waals surface area (Å²) in [6, 6.07) is -0.178. The van der Waals surface area contributed by atoms with Crippen LogP contribution in [0.1, 0.15) is 41.5 Å². The van der Waals surface area contributed by atoms with Crippen LogP contribution in [0.5, 0.6) is 0 Å². The van der Waals surface area contributed by atoms with Crippen LogP contribution in [0.3, 0.4) is 0 Å². The molecule has 106 valence electrons. The van der Waals surface area contributed by atoms with Crippen LogP contribution < -0.4 is 0 Å². The predicted molar refractivity (Wildman–Crippen MR) is 71.6 cm³/mol. The van der Waals surface area contributed by atoms with Crippen molar-refractivity contribution in [3.05, 3.63) is 0 Å². The molecule has 0 heterocycles. The predicted octanol–water partition coefficient (Wildman–Crippen LogP) is 2.27. The number of carbonyl (C=O) groups is 2. The highest BCUT2D eigenvalue weighted by molar-refractivity contribution is 5.80. The molecule has 0 fully saturated rings. The van der Waals surface area contributed by atoms with E-state index in [2.05, 4.69) is 0 Å². The molecule has 1 atom stereocenters. The number of urea groups is 1. The second kappa shape index (κ2) is 6.07. The van der Waals surface area contributed by atoms with E-state index in [9.17, 15) is 9.59 Å². The summed E-state index contributed by atoms with van der Waals surface area (Å²) in [5, 5.41) is 8.91. The fourth-order valence-corrected chi connectivity index (χ4v) is 1.54. The monoisotopic (exact) mass is 258 g/mol. The Hall–Kier alpha value is -1.26. The van der Waals surface area contributed by atoms with E-state index in [1.807, 2.05) is 41.5 Å². The summed E-state index contributed by atoms with van der Waals surface area (Å²) in [6.07, 6.45) is 0. The maximum Gasteiger partial charge on any atom is 0.323 e. The van der Waals surface area contributed by atoms with E-state index in [0.29, 0.717) is 5.92 Å². The lowest BCUT2D eigenvalue weighted by atomic mass is 10.0. The number of nitrogens with zero attached hydrogens (tertiary/aromatic N) is 2. The number of aliphatic carboxylic acids is 1. The lowest BCUT2D eigenvalue weighted by molar-refractivity contribution is -0.138. The van der Waals surface area contributed by atoms with Crippen LogP contribution in [0, 0.1) is 5.92 Å². The van der Waals surface area contributed by atoms with Crippen molar-refractivity contribution in [3.63, 3.8) is 0 Å². The first-order valence-electron chi connectivity index (χ1n) is 6.24. The molecule has 0 rings (SSSR count). The minimum absolute atomic E-state index is 0.0659. The number of carbonyl (C=O) groups excluding carboxylic acids is 1. The molecule has 0 saturated heterocycles. The molecule has 0 aromatic rings. The fraction of sp³-hybridized carbons (Fsp3) is 0.846. The number of hydrogen-bond donors (Lipinski definition) is 1. The first-order valence-corrected chi connectivity index (χ1v) is 6.24. The van der Waals surface area contributed by atoms with Gasteiger partial charge in [-0.15, -0.1) is 0 Å². The number of hydrogen-bond acceptors (Lipinski definition) is 2. The quantitative estimate of drug-likeness (QED) is 0.841. The smallest absolute Gasteiger partial charge is 0.323 e. The summed E-state index contributed by atoms with van der Waals surface area (Å²) < 4.78 is 0. The summed E-state index contributed by atoms with van der Waals surface area (Å²) in [5.74, 6) is -0.672. The highest BCUT2D eigenvalue weighted by Gasteiger charge is 2.32. The van der Waals surface area contributed by atoms with Gasteiger partial charge in [-0.3, -0.25) is 4.79 Å². The summed E-state index contributed by atoms with van der Waals surface area (Å²) in [4.78, 5) is 26.2. The molecule has 5 heteroatoms. The Morgan fingerprint density at radius 3 is 1.89 bits per heavy atom. The zero-order valence-electron chi connectivity index (χ0n) is 12.5. The highest BCUT2D eigenvalue weighted by atomic mass is 16.4. The maximum atomic E-state index is 12.4. The largest absolute Gasteiger partial charge is 0.480 e. The van der Waals surface area contributed by atoms with Gasteiger partial charge in [0.05, 0.1) is 0 Å². The van der Waals surface area contributed by atoms with Gasteiger partial charge in [-0.25, -0.2) is 4.79 Å². The van der Waals surface area contributed by atoms with Crippen molar-refractivity contribution in [3.8, 4) is 0 Å². The number of rotatable bonds is 4. The van der Waals surface area contributed by atoms with Crippen molar-refractivity contribution < 1.29 is 14.7 Å². The second-order valence-electron chi connectivity index (χ2n) is 6.03. The Bertz CT molecular complexity index is 308. The van der Waals surface area contributed by atoms with E-state index in [0.717, 1.165) is 0 Å². The van der Waals surface area contributed by atoms with E-state index in [1.54, 1.807) is 11.9 Å². The van der Waals surface area contributed by atoms with Crippen molar-refractivity contribution in [1.29, 1.82) is 0 Å². The Labute approximate surface area is 110 Å². The SMILES string of the molecule is CC(C)C(C)N(C)C(=O)N(CC(=O)O)C(C)(C)C. The molecule has 0 aliphatic heterocycles. The van der Waals surface area contributed by atoms with Gasteiger partial charge in [0.15, 0.2) is 0 Å². The van der Waals surface area contributed by atoms with Crippen LogP contribution in [-0.4, -0.2) is 52.1 Å². The summed E-state index contributed by atoms with van der Waals surface area (Å²) >= 11 is 0. The molecule has 0 bridgehead atoms. The highest BCUT2D eigenvalue weighted by Crippen LogP contribution is 2.18. The van der Waals surface area contributed by atoms with Gasteiger partial charge in [-0.05, 0) is 33.6 Å². The summed E-state index contributed by atoms with van der Waals surface area (Å²) in [6.45, 7) is 11.3. The van der Waals surface area contributed by atoms with E-state index in [-0.39, 0.29) is 18.6 Å². The average Bonchev–Trinajstić information content (AvgIpc) is 2.20. The Kier molecular flexibility index (Phi) is 5.64. The second-order valence-corrected chi connectivity index (χ2v) is 6.03. The molecule has 5 nitrogen and oxygen atoms in total. The first-order chi connectivity index (χ1) is 7.98. The molecule has 0 radical (unpaired) electrons.